The molecule has 0 aliphatic carbocycles. The van der Waals surface area contributed by atoms with Crippen LogP contribution in [-0.4, -0.2) is 39.0 Å². The van der Waals surface area contributed by atoms with E-state index in [2.05, 4.69) is 5.32 Å². The molecule has 2 heterocycles. The molecule has 0 aromatic heterocycles. The lowest BCUT2D eigenvalue weighted by molar-refractivity contribution is 0.0164. The standard InChI is InChI=1S/C11H21NO2/c1-2-11(12-5-1)9-14-8-10-3-6-13-7-4-10/h10-12H,1-9H2. The summed E-state index contributed by atoms with van der Waals surface area (Å²) < 4.78 is 11.1. The molecule has 0 spiro atoms. The van der Waals surface area contributed by atoms with Crippen LogP contribution in [0.4, 0.5) is 0 Å². The maximum absolute atomic E-state index is 5.74. The van der Waals surface area contributed by atoms with Crippen LogP contribution < -0.4 is 5.32 Å². The highest BCUT2D eigenvalue weighted by Gasteiger charge is 2.17. The maximum Gasteiger partial charge on any atom is 0.0619 e. The average molecular weight is 199 g/mol. The van der Waals surface area contributed by atoms with E-state index < -0.39 is 0 Å². The number of nitrogens with one attached hydrogen (secondary N) is 1. The fourth-order valence-corrected chi connectivity index (χ4v) is 2.19. The van der Waals surface area contributed by atoms with Crippen LogP contribution in [0.1, 0.15) is 25.7 Å². The second-order valence-corrected chi connectivity index (χ2v) is 4.39. The Balaban J connectivity index is 1.52. The normalized spacial score (nSPS) is 29.6. The summed E-state index contributed by atoms with van der Waals surface area (Å²) in [5, 5.41) is 3.44. The number of hydrogen-bond acceptors (Lipinski definition) is 3. The van der Waals surface area contributed by atoms with Crippen molar-refractivity contribution in [2.24, 2.45) is 5.92 Å². The third-order valence-electron chi connectivity index (χ3n) is 3.18. The Kier molecular flexibility index (Phi) is 4.22. The van der Waals surface area contributed by atoms with Gasteiger partial charge in [0, 0.05) is 25.9 Å². The van der Waals surface area contributed by atoms with Gasteiger partial charge < -0.3 is 14.8 Å². The molecule has 2 aliphatic heterocycles. The summed E-state index contributed by atoms with van der Waals surface area (Å²) in [5.74, 6) is 0.741. The minimum Gasteiger partial charge on any atom is -0.381 e. The SMILES string of the molecule is C1CNC(COCC2CCOCC2)C1. The summed E-state index contributed by atoms with van der Waals surface area (Å²) in [6.07, 6.45) is 4.95. The largest absolute Gasteiger partial charge is 0.381 e. The Bertz CT molecular complexity index is 151. The highest BCUT2D eigenvalue weighted by molar-refractivity contribution is 4.73. The van der Waals surface area contributed by atoms with E-state index in [4.69, 9.17) is 9.47 Å². The van der Waals surface area contributed by atoms with Gasteiger partial charge >= 0.3 is 0 Å². The quantitative estimate of drug-likeness (QED) is 0.737. The first-order chi connectivity index (χ1) is 6.95. The number of rotatable bonds is 4. The molecule has 0 bridgehead atoms. The number of hydrogen-bond donors (Lipinski definition) is 1. The Labute approximate surface area is 86.2 Å². The second-order valence-electron chi connectivity index (χ2n) is 4.39. The molecule has 2 aliphatic rings. The van der Waals surface area contributed by atoms with Crippen molar-refractivity contribution in [3.63, 3.8) is 0 Å². The van der Waals surface area contributed by atoms with Crippen molar-refractivity contribution in [3.8, 4) is 0 Å². The first-order valence-corrected chi connectivity index (χ1v) is 5.84. The van der Waals surface area contributed by atoms with Crippen LogP contribution in [-0.2, 0) is 9.47 Å². The highest BCUT2D eigenvalue weighted by Crippen LogP contribution is 2.15. The molecule has 2 rings (SSSR count). The molecule has 14 heavy (non-hydrogen) atoms. The van der Waals surface area contributed by atoms with Gasteiger partial charge in [0.2, 0.25) is 0 Å². The Hall–Kier alpha value is -0.120. The molecular formula is C11H21NO2. The van der Waals surface area contributed by atoms with Crippen molar-refractivity contribution in [1.82, 2.24) is 5.32 Å². The van der Waals surface area contributed by atoms with Crippen molar-refractivity contribution in [1.29, 1.82) is 0 Å². The summed E-state index contributed by atoms with van der Waals surface area (Å²) >= 11 is 0. The minimum atomic E-state index is 0.620. The van der Waals surface area contributed by atoms with Gasteiger partial charge in [-0.15, -0.1) is 0 Å². The van der Waals surface area contributed by atoms with Crippen LogP contribution in [0.15, 0.2) is 0 Å². The Morgan fingerprint density at radius 1 is 1.14 bits per heavy atom. The molecule has 82 valence electrons. The molecule has 0 saturated carbocycles. The molecule has 1 atom stereocenters. The highest BCUT2D eigenvalue weighted by atomic mass is 16.5. The lowest BCUT2D eigenvalue weighted by atomic mass is 10.0. The second kappa shape index (κ2) is 5.69. The summed E-state index contributed by atoms with van der Waals surface area (Å²) in [6, 6.07) is 0.620. The lowest BCUT2D eigenvalue weighted by Gasteiger charge is -2.22. The zero-order valence-electron chi connectivity index (χ0n) is 8.84. The molecule has 0 radical (unpaired) electrons. The predicted octanol–water partition coefficient (Wildman–Crippen LogP) is 1.18. The van der Waals surface area contributed by atoms with E-state index in [9.17, 15) is 0 Å². The third-order valence-corrected chi connectivity index (χ3v) is 3.18. The van der Waals surface area contributed by atoms with E-state index >= 15 is 0 Å². The fourth-order valence-electron chi connectivity index (χ4n) is 2.19. The van der Waals surface area contributed by atoms with Crippen molar-refractivity contribution in [3.05, 3.63) is 0 Å². The van der Waals surface area contributed by atoms with Gasteiger partial charge in [-0.3, -0.25) is 0 Å². The maximum atomic E-state index is 5.74. The van der Waals surface area contributed by atoms with Gasteiger partial charge in [0.1, 0.15) is 0 Å². The van der Waals surface area contributed by atoms with E-state index in [0.29, 0.717) is 6.04 Å². The van der Waals surface area contributed by atoms with Gasteiger partial charge in [-0.1, -0.05) is 0 Å². The van der Waals surface area contributed by atoms with Gasteiger partial charge in [-0.25, -0.2) is 0 Å². The number of ether oxygens (including phenoxy) is 2. The van der Waals surface area contributed by atoms with Gasteiger partial charge in [0.05, 0.1) is 6.61 Å². The predicted molar refractivity (Wildman–Crippen MR) is 55.4 cm³/mol. The van der Waals surface area contributed by atoms with Crippen LogP contribution in [0.25, 0.3) is 0 Å². The van der Waals surface area contributed by atoms with Crippen LogP contribution in [0.2, 0.25) is 0 Å². The Morgan fingerprint density at radius 2 is 2.00 bits per heavy atom. The van der Waals surface area contributed by atoms with Crippen LogP contribution in [0.3, 0.4) is 0 Å². The monoisotopic (exact) mass is 199 g/mol. The average Bonchev–Trinajstić information content (AvgIpc) is 2.72. The van der Waals surface area contributed by atoms with Gasteiger partial charge in [0.25, 0.3) is 0 Å². The van der Waals surface area contributed by atoms with Gasteiger partial charge in [-0.05, 0) is 38.1 Å². The summed E-state index contributed by atoms with van der Waals surface area (Å²) in [7, 11) is 0. The third kappa shape index (κ3) is 3.23. The van der Waals surface area contributed by atoms with Crippen LogP contribution in [0.5, 0.6) is 0 Å². The zero-order valence-corrected chi connectivity index (χ0v) is 8.84. The minimum absolute atomic E-state index is 0.620. The lowest BCUT2D eigenvalue weighted by Crippen LogP contribution is -2.29. The van der Waals surface area contributed by atoms with Gasteiger partial charge in [-0.2, -0.15) is 0 Å². The van der Waals surface area contributed by atoms with E-state index in [-0.39, 0.29) is 0 Å². The molecule has 3 heteroatoms. The van der Waals surface area contributed by atoms with E-state index in [0.717, 1.165) is 32.3 Å². The first kappa shape index (κ1) is 10.4. The van der Waals surface area contributed by atoms with E-state index in [1.165, 1.54) is 32.2 Å². The van der Waals surface area contributed by atoms with Gasteiger partial charge in [0.15, 0.2) is 0 Å². The van der Waals surface area contributed by atoms with E-state index in [1.807, 2.05) is 0 Å². The van der Waals surface area contributed by atoms with Crippen molar-refractivity contribution in [2.45, 2.75) is 31.7 Å². The van der Waals surface area contributed by atoms with Crippen LogP contribution in [0, 0.1) is 5.92 Å². The summed E-state index contributed by atoms with van der Waals surface area (Å²) in [5.41, 5.74) is 0. The molecule has 2 saturated heterocycles. The molecule has 1 N–H and O–H groups in total. The van der Waals surface area contributed by atoms with Crippen molar-refractivity contribution >= 4 is 0 Å². The van der Waals surface area contributed by atoms with Crippen molar-refractivity contribution in [2.75, 3.05) is 33.0 Å². The molecule has 3 nitrogen and oxygen atoms in total. The smallest absolute Gasteiger partial charge is 0.0619 e. The zero-order chi connectivity index (χ0) is 9.64. The van der Waals surface area contributed by atoms with Crippen LogP contribution >= 0.6 is 0 Å². The summed E-state index contributed by atoms with van der Waals surface area (Å²) in [6.45, 7) is 4.86. The molecular weight excluding hydrogens is 178 g/mol. The van der Waals surface area contributed by atoms with E-state index in [1.54, 1.807) is 0 Å². The molecule has 1 unspecified atom stereocenters. The topological polar surface area (TPSA) is 30.5 Å². The van der Waals surface area contributed by atoms with Crippen molar-refractivity contribution < 1.29 is 9.47 Å². The summed E-state index contributed by atoms with van der Waals surface area (Å²) in [4.78, 5) is 0. The fraction of sp³-hybridized carbons (Fsp3) is 1.00. The Morgan fingerprint density at radius 3 is 2.71 bits per heavy atom. The molecule has 0 aromatic carbocycles. The molecule has 0 amide bonds. The molecule has 2 fully saturated rings. The first-order valence-electron chi connectivity index (χ1n) is 5.84. The molecule has 0 aromatic rings.